The third-order valence-electron chi connectivity index (χ3n) is 3.66. The maximum absolute atomic E-state index is 12.0. The Morgan fingerprint density at radius 3 is 2.95 bits per heavy atom. The fourth-order valence-electron chi connectivity index (χ4n) is 2.58. The van der Waals surface area contributed by atoms with Crippen molar-refractivity contribution in [2.24, 2.45) is 11.7 Å². The molecule has 1 aromatic carbocycles. The van der Waals surface area contributed by atoms with Gasteiger partial charge in [-0.3, -0.25) is 4.79 Å². The molecule has 1 unspecified atom stereocenters. The van der Waals surface area contributed by atoms with E-state index in [2.05, 4.69) is 36.2 Å². The predicted octanol–water partition coefficient (Wildman–Crippen LogP) is 2.06. The smallest absolute Gasteiger partial charge is 0.239 e. The molecule has 3 N–H and O–H groups in total. The summed E-state index contributed by atoms with van der Waals surface area (Å²) in [7, 11) is 0. The van der Waals surface area contributed by atoms with Crippen LogP contribution < -0.4 is 16.0 Å². The number of nitrogens with zero attached hydrogens (tertiary/aromatic N) is 1. The Hall–Kier alpha value is -1.55. The molecule has 1 aliphatic heterocycles. The minimum absolute atomic E-state index is 0.0786. The van der Waals surface area contributed by atoms with E-state index in [4.69, 9.17) is 5.73 Å². The van der Waals surface area contributed by atoms with Crippen molar-refractivity contribution >= 4 is 11.6 Å². The molecule has 4 heteroatoms. The first-order valence-electron chi connectivity index (χ1n) is 7.44. The summed E-state index contributed by atoms with van der Waals surface area (Å²) in [5, 5.41) is 2.98. The van der Waals surface area contributed by atoms with Crippen LogP contribution in [0.2, 0.25) is 0 Å². The molecular weight excluding hydrogens is 250 g/mol. The second-order valence-corrected chi connectivity index (χ2v) is 5.93. The van der Waals surface area contributed by atoms with Crippen LogP contribution in [0.3, 0.4) is 0 Å². The van der Waals surface area contributed by atoms with Crippen LogP contribution in [0.25, 0.3) is 0 Å². The van der Waals surface area contributed by atoms with Crippen molar-refractivity contribution in [3.05, 3.63) is 29.8 Å². The number of para-hydroxylation sites is 1. The fraction of sp³-hybridized carbons (Fsp3) is 0.562. The van der Waals surface area contributed by atoms with Gasteiger partial charge in [-0.2, -0.15) is 0 Å². The Balaban J connectivity index is 2.08. The normalized spacial score (nSPS) is 18.6. The summed E-state index contributed by atoms with van der Waals surface area (Å²) in [5.74, 6) is 0.563. The van der Waals surface area contributed by atoms with Gasteiger partial charge in [-0.1, -0.05) is 32.0 Å². The summed E-state index contributed by atoms with van der Waals surface area (Å²) >= 11 is 0. The van der Waals surface area contributed by atoms with Gasteiger partial charge in [-0.15, -0.1) is 0 Å². The van der Waals surface area contributed by atoms with Crippen molar-refractivity contribution in [2.45, 2.75) is 32.7 Å². The molecule has 0 saturated carbocycles. The molecule has 0 spiro atoms. The van der Waals surface area contributed by atoms with Gasteiger partial charge in [0.1, 0.15) is 0 Å². The summed E-state index contributed by atoms with van der Waals surface area (Å²) in [5.41, 5.74) is 8.47. The van der Waals surface area contributed by atoms with Crippen LogP contribution in [0.1, 0.15) is 38.3 Å². The number of rotatable bonds is 4. The van der Waals surface area contributed by atoms with Crippen molar-refractivity contribution in [1.29, 1.82) is 0 Å². The number of nitrogens with two attached hydrogens (primary N) is 1. The zero-order valence-electron chi connectivity index (χ0n) is 12.4. The number of hydrogen-bond donors (Lipinski definition) is 2. The SMILES string of the molecule is CC(C)CNC(=O)CN1CCCC(N)c2ccccc21. The van der Waals surface area contributed by atoms with Crippen LogP contribution in [-0.2, 0) is 4.79 Å². The van der Waals surface area contributed by atoms with Gasteiger partial charge >= 0.3 is 0 Å². The van der Waals surface area contributed by atoms with Gasteiger partial charge in [-0.05, 0) is 30.4 Å². The van der Waals surface area contributed by atoms with E-state index in [1.54, 1.807) is 0 Å². The summed E-state index contributed by atoms with van der Waals surface area (Å²) < 4.78 is 0. The lowest BCUT2D eigenvalue weighted by molar-refractivity contribution is -0.119. The molecule has 0 saturated heterocycles. The van der Waals surface area contributed by atoms with Gasteiger partial charge in [0, 0.05) is 24.8 Å². The molecule has 1 aliphatic rings. The number of carbonyl (C=O) groups is 1. The predicted molar refractivity (Wildman–Crippen MR) is 82.7 cm³/mol. The number of amides is 1. The third kappa shape index (κ3) is 3.73. The quantitative estimate of drug-likeness (QED) is 0.884. The molecule has 0 radical (unpaired) electrons. The van der Waals surface area contributed by atoms with Crippen LogP contribution in [0.4, 0.5) is 5.69 Å². The highest BCUT2D eigenvalue weighted by atomic mass is 16.2. The van der Waals surface area contributed by atoms with Crippen molar-refractivity contribution < 1.29 is 4.79 Å². The van der Waals surface area contributed by atoms with E-state index in [1.165, 1.54) is 0 Å². The molecule has 110 valence electrons. The lowest BCUT2D eigenvalue weighted by atomic mass is 10.0. The van der Waals surface area contributed by atoms with Gasteiger partial charge in [0.2, 0.25) is 5.91 Å². The summed E-state index contributed by atoms with van der Waals surface area (Å²) in [6.45, 7) is 6.23. The first-order chi connectivity index (χ1) is 9.58. The molecular formula is C16H25N3O. The number of benzene rings is 1. The van der Waals surface area contributed by atoms with E-state index in [1.807, 2.05) is 12.1 Å². The number of nitrogens with one attached hydrogen (secondary N) is 1. The Kier molecular flexibility index (Phi) is 5.01. The number of carbonyl (C=O) groups excluding carboxylic acids is 1. The van der Waals surface area contributed by atoms with Gasteiger partial charge in [0.05, 0.1) is 6.54 Å². The molecule has 20 heavy (non-hydrogen) atoms. The standard InChI is InChI=1S/C16H25N3O/c1-12(2)10-18-16(20)11-19-9-5-7-14(17)13-6-3-4-8-15(13)19/h3-4,6,8,12,14H,5,7,9-11,17H2,1-2H3,(H,18,20). The largest absolute Gasteiger partial charge is 0.362 e. The van der Waals surface area contributed by atoms with Crippen molar-refractivity contribution in [3.63, 3.8) is 0 Å². The van der Waals surface area contributed by atoms with Gasteiger partial charge in [0.15, 0.2) is 0 Å². The highest BCUT2D eigenvalue weighted by molar-refractivity contribution is 5.81. The molecule has 4 nitrogen and oxygen atoms in total. The van der Waals surface area contributed by atoms with E-state index < -0.39 is 0 Å². The zero-order chi connectivity index (χ0) is 14.5. The van der Waals surface area contributed by atoms with Crippen molar-refractivity contribution in [1.82, 2.24) is 5.32 Å². The average Bonchev–Trinajstić information content (AvgIpc) is 2.58. The maximum Gasteiger partial charge on any atom is 0.239 e. The van der Waals surface area contributed by atoms with E-state index in [0.29, 0.717) is 12.5 Å². The Bertz CT molecular complexity index is 459. The Morgan fingerprint density at radius 2 is 2.20 bits per heavy atom. The van der Waals surface area contributed by atoms with Crippen LogP contribution in [0, 0.1) is 5.92 Å². The van der Waals surface area contributed by atoms with Crippen LogP contribution in [0.5, 0.6) is 0 Å². The molecule has 2 rings (SSSR count). The fourth-order valence-corrected chi connectivity index (χ4v) is 2.58. The third-order valence-corrected chi connectivity index (χ3v) is 3.66. The van der Waals surface area contributed by atoms with Crippen LogP contribution in [0.15, 0.2) is 24.3 Å². The summed E-state index contributed by atoms with van der Waals surface area (Å²) in [4.78, 5) is 14.2. The second kappa shape index (κ2) is 6.75. The monoisotopic (exact) mass is 275 g/mol. The van der Waals surface area contributed by atoms with Crippen molar-refractivity contribution in [2.75, 3.05) is 24.5 Å². The van der Waals surface area contributed by atoms with Crippen LogP contribution in [-0.4, -0.2) is 25.5 Å². The highest BCUT2D eigenvalue weighted by Crippen LogP contribution is 2.30. The zero-order valence-corrected chi connectivity index (χ0v) is 12.4. The first kappa shape index (κ1) is 14.9. The summed E-state index contributed by atoms with van der Waals surface area (Å²) in [6.07, 6.45) is 1.99. The molecule has 0 aliphatic carbocycles. The topological polar surface area (TPSA) is 58.4 Å². The molecule has 1 atom stereocenters. The molecule has 0 aromatic heterocycles. The summed E-state index contributed by atoms with van der Waals surface area (Å²) in [6, 6.07) is 8.24. The van der Waals surface area contributed by atoms with Gasteiger partial charge in [-0.25, -0.2) is 0 Å². The highest BCUT2D eigenvalue weighted by Gasteiger charge is 2.21. The lowest BCUT2D eigenvalue weighted by Crippen LogP contribution is -2.39. The molecule has 0 bridgehead atoms. The number of fused-ring (bicyclic) bond motifs is 1. The van der Waals surface area contributed by atoms with Gasteiger partial charge in [0.25, 0.3) is 0 Å². The van der Waals surface area contributed by atoms with Gasteiger partial charge < -0.3 is 16.0 Å². The van der Waals surface area contributed by atoms with E-state index in [0.717, 1.165) is 37.2 Å². The molecule has 0 fully saturated rings. The first-order valence-corrected chi connectivity index (χ1v) is 7.44. The molecule has 1 amide bonds. The Morgan fingerprint density at radius 1 is 1.45 bits per heavy atom. The minimum atomic E-state index is 0.0786. The number of hydrogen-bond acceptors (Lipinski definition) is 3. The maximum atomic E-state index is 12.0. The lowest BCUT2D eigenvalue weighted by Gasteiger charge is -2.25. The molecule has 1 heterocycles. The van der Waals surface area contributed by atoms with Crippen LogP contribution >= 0.6 is 0 Å². The molecule has 1 aromatic rings. The second-order valence-electron chi connectivity index (χ2n) is 5.93. The van der Waals surface area contributed by atoms with Crippen molar-refractivity contribution in [3.8, 4) is 0 Å². The van der Waals surface area contributed by atoms with E-state index >= 15 is 0 Å². The average molecular weight is 275 g/mol. The number of anilines is 1. The van der Waals surface area contributed by atoms with E-state index in [-0.39, 0.29) is 11.9 Å². The minimum Gasteiger partial charge on any atom is -0.362 e. The van der Waals surface area contributed by atoms with E-state index in [9.17, 15) is 4.79 Å². The Labute approximate surface area is 121 Å².